The van der Waals surface area contributed by atoms with E-state index in [4.69, 9.17) is 4.98 Å². The van der Waals surface area contributed by atoms with Crippen LogP contribution in [0.1, 0.15) is 58.7 Å². The van der Waals surface area contributed by atoms with Crippen LogP contribution in [0.25, 0.3) is 0 Å². The third-order valence-electron chi connectivity index (χ3n) is 4.26. The second-order valence-electron chi connectivity index (χ2n) is 8.23. The SMILES string of the molecule is Cc1cc(CNC(C)(C)C)cc(N2CCC(C)(C)CC2)n1. The molecule has 1 saturated heterocycles. The molecule has 0 spiro atoms. The van der Waals surface area contributed by atoms with E-state index in [1.807, 2.05) is 0 Å². The van der Waals surface area contributed by atoms with E-state index in [1.165, 1.54) is 18.4 Å². The highest BCUT2D eigenvalue weighted by atomic mass is 15.2. The zero-order valence-electron chi connectivity index (χ0n) is 14.6. The molecule has 0 amide bonds. The molecule has 1 aliphatic heterocycles. The number of nitrogens with zero attached hydrogens (tertiary/aromatic N) is 2. The highest BCUT2D eigenvalue weighted by molar-refractivity contribution is 5.43. The lowest BCUT2D eigenvalue weighted by atomic mass is 9.83. The fourth-order valence-electron chi connectivity index (χ4n) is 2.69. The Bertz CT molecular complexity index is 476. The summed E-state index contributed by atoms with van der Waals surface area (Å²) in [6.45, 7) is 16.6. The van der Waals surface area contributed by atoms with Gasteiger partial charge in [0.15, 0.2) is 0 Å². The van der Waals surface area contributed by atoms with Crippen LogP contribution in [-0.2, 0) is 6.54 Å². The van der Waals surface area contributed by atoms with Gasteiger partial charge in [-0.2, -0.15) is 0 Å². The summed E-state index contributed by atoms with van der Waals surface area (Å²) in [7, 11) is 0. The minimum absolute atomic E-state index is 0.145. The zero-order valence-corrected chi connectivity index (χ0v) is 14.6. The van der Waals surface area contributed by atoms with Gasteiger partial charge in [-0.3, -0.25) is 0 Å². The van der Waals surface area contributed by atoms with E-state index in [9.17, 15) is 0 Å². The lowest BCUT2D eigenvalue weighted by Crippen LogP contribution is -2.38. The van der Waals surface area contributed by atoms with Crippen molar-refractivity contribution in [1.82, 2.24) is 10.3 Å². The Morgan fingerprint density at radius 1 is 1.19 bits per heavy atom. The molecular weight excluding hydrogens is 258 g/mol. The molecule has 118 valence electrons. The second kappa shape index (κ2) is 5.96. The molecule has 0 unspecified atom stereocenters. The van der Waals surface area contributed by atoms with Crippen LogP contribution in [0.15, 0.2) is 12.1 Å². The van der Waals surface area contributed by atoms with Gasteiger partial charge in [0.1, 0.15) is 5.82 Å². The molecule has 21 heavy (non-hydrogen) atoms. The maximum Gasteiger partial charge on any atom is 0.129 e. The minimum atomic E-state index is 0.145. The number of anilines is 1. The summed E-state index contributed by atoms with van der Waals surface area (Å²) in [6, 6.07) is 4.44. The van der Waals surface area contributed by atoms with Gasteiger partial charge in [-0.25, -0.2) is 4.98 Å². The number of nitrogens with one attached hydrogen (secondary N) is 1. The summed E-state index contributed by atoms with van der Waals surface area (Å²) in [5, 5.41) is 3.56. The van der Waals surface area contributed by atoms with Crippen molar-refractivity contribution in [2.75, 3.05) is 18.0 Å². The normalized spacial score (nSPS) is 18.9. The smallest absolute Gasteiger partial charge is 0.129 e. The first kappa shape index (κ1) is 16.3. The van der Waals surface area contributed by atoms with E-state index < -0.39 is 0 Å². The molecule has 1 N–H and O–H groups in total. The molecule has 3 heteroatoms. The molecule has 0 aromatic carbocycles. The topological polar surface area (TPSA) is 28.2 Å². The first-order chi connectivity index (χ1) is 9.65. The largest absolute Gasteiger partial charge is 0.357 e. The van der Waals surface area contributed by atoms with E-state index in [2.05, 4.69) is 63.9 Å². The molecule has 0 saturated carbocycles. The van der Waals surface area contributed by atoms with Gasteiger partial charge in [0.25, 0.3) is 0 Å². The lowest BCUT2D eigenvalue weighted by Gasteiger charge is -2.37. The number of rotatable bonds is 3. The van der Waals surface area contributed by atoms with E-state index in [-0.39, 0.29) is 5.54 Å². The molecule has 0 radical (unpaired) electrons. The van der Waals surface area contributed by atoms with Crippen molar-refractivity contribution in [3.63, 3.8) is 0 Å². The molecule has 1 aromatic heterocycles. The van der Waals surface area contributed by atoms with Gasteiger partial charge in [0.2, 0.25) is 0 Å². The van der Waals surface area contributed by atoms with Crippen molar-refractivity contribution in [3.8, 4) is 0 Å². The number of piperidine rings is 1. The van der Waals surface area contributed by atoms with Gasteiger partial charge in [0.05, 0.1) is 0 Å². The Morgan fingerprint density at radius 2 is 1.81 bits per heavy atom. The fourth-order valence-corrected chi connectivity index (χ4v) is 2.69. The van der Waals surface area contributed by atoms with Crippen molar-refractivity contribution >= 4 is 5.82 Å². The number of pyridine rings is 1. The molecule has 0 aliphatic carbocycles. The molecule has 1 aromatic rings. The van der Waals surface area contributed by atoms with E-state index in [1.54, 1.807) is 0 Å². The van der Waals surface area contributed by atoms with Crippen molar-refractivity contribution in [1.29, 1.82) is 0 Å². The highest BCUT2D eigenvalue weighted by Gasteiger charge is 2.26. The monoisotopic (exact) mass is 289 g/mol. The van der Waals surface area contributed by atoms with Crippen LogP contribution in [0, 0.1) is 12.3 Å². The second-order valence-corrected chi connectivity index (χ2v) is 8.23. The van der Waals surface area contributed by atoms with Gasteiger partial charge in [-0.05, 0) is 63.6 Å². The summed E-state index contributed by atoms with van der Waals surface area (Å²) in [6.07, 6.45) is 2.50. The molecule has 0 atom stereocenters. The number of hydrogen-bond acceptors (Lipinski definition) is 3. The zero-order chi connectivity index (χ0) is 15.7. The summed E-state index contributed by atoms with van der Waals surface area (Å²) >= 11 is 0. The van der Waals surface area contributed by atoms with Gasteiger partial charge in [0, 0.05) is 30.9 Å². The standard InChI is InChI=1S/C18H31N3/c1-14-11-15(13-19-17(2,3)4)12-16(20-14)21-9-7-18(5,6)8-10-21/h11-12,19H,7-10,13H2,1-6H3. The molecule has 1 aliphatic rings. The van der Waals surface area contributed by atoms with Crippen LogP contribution in [0.5, 0.6) is 0 Å². The van der Waals surface area contributed by atoms with Crippen molar-refractivity contribution < 1.29 is 0 Å². The lowest BCUT2D eigenvalue weighted by molar-refractivity contribution is 0.279. The third kappa shape index (κ3) is 4.99. The van der Waals surface area contributed by atoms with Crippen LogP contribution in [-0.4, -0.2) is 23.6 Å². The molecule has 3 nitrogen and oxygen atoms in total. The molecule has 0 bridgehead atoms. The summed E-state index contributed by atoms with van der Waals surface area (Å²) in [4.78, 5) is 7.19. The number of aromatic nitrogens is 1. The first-order valence-corrected chi connectivity index (χ1v) is 8.12. The minimum Gasteiger partial charge on any atom is -0.357 e. The van der Waals surface area contributed by atoms with Crippen LogP contribution in [0.2, 0.25) is 0 Å². The Kier molecular flexibility index (Phi) is 4.62. The Hall–Kier alpha value is -1.09. The maximum absolute atomic E-state index is 4.75. The molecule has 2 rings (SSSR count). The quantitative estimate of drug-likeness (QED) is 0.914. The highest BCUT2D eigenvalue weighted by Crippen LogP contribution is 2.31. The first-order valence-electron chi connectivity index (χ1n) is 8.12. The summed E-state index contributed by atoms with van der Waals surface area (Å²) < 4.78 is 0. The predicted octanol–water partition coefficient (Wildman–Crippen LogP) is 3.90. The predicted molar refractivity (Wildman–Crippen MR) is 90.8 cm³/mol. The van der Waals surface area contributed by atoms with Crippen LogP contribution < -0.4 is 10.2 Å². The summed E-state index contributed by atoms with van der Waals surface area (Å²) in [5.41, 5.74) is 3.07. The molecule has 1 fully saturated rings. The van der Waals surface area contributed by atoms with Gasteiger partial charge in [-0.15, -0.1) is 0 Å². The van der Waals surface area contributed by atoms with E-state index in [0.29, 0.717) is 5.41 Å². The average Bonchev–Trinajstić information content (AvgIpc) is 2.35. The van der Waals surface area contributed by atoms with Crippen LogP contribution in [0.3, 0.4) is 0 Å². The van der Waals surface area contributed by atoms with Crippen molar-refractivity contribution in [2.45, 2.75) is 66.5 Å². The fraction of sp³-hybridized carbons (Fsp3) is 0.722. The Labute approximate surface area is 130 Å². The maximum atomic E-state index is 4.75. The van der Waals surface area contributed by atoms with Crippen LogP contribution in [0.4, 0.5) is 5.82 Å². The van der Waals surface area contributed by atoms with Crippen molar-refractivity contribution in [2.24, 2.45) is 5.41 Å². The van der Waals surface area contributed by atoms with Gasteiger partial charge >= 0.3 is 0 Å². The van der Waals surface area contributed by atoms with Gasteiger partial charge in [-0.1, -0.05) is 13.8 Å². The average molecular weight is 289 g/mol. The van der Waals surface area contributed by atoms with Gasteiger partial charge < -0.3 is 10.2 Å². The Balaban J connectivity index is 2.08. The third-order valence-corrected chi connectivity index (χ3v) is 4.26. The summed E-state index contributed by atoms with van der Waals surface area (Å²) in [5.74, 6) is 1.15. The molecule has 2 heterocycles. The van der Waals surface area contributed by atoms with Crippen molar-refractivity contribution in [3.05, 3.63) is 23.4 Å². The van der Waals surface area contributed by atoms with E-state index >= 15 is 0 Å². The number of hydrogen-bond donors (Lipinski definition) is 1. The number of aryl methyl sites for hydroxylation is 1. The van der Waals surface area contributed by atoms with E-state index in [0.717, 1.165) is 31.1 Å². The molecular formula is C18H31N3. The Morgan fingerprint density at radius 3 is 2.38 bits per heavy atom. The van der Waals surface area contributed by atoms with Crippen LogP contribution >= 0.6 is 0 Å².